The van der Waals surface area contributed by atoms with Crippen molar-refractivity contribution in [3.8, 4) is 0 Å². The lowest BCUT2D eigenvalue weighted by Gasteiger charge is -2.21. The average Bonchev–Trinajstić information content (AvgIpc) is 2.44. The van der Waals surface area contributed by atoms with Gasteiger partial charge in [0.1, 0.15) is 0 Å². The number of rotatable bonds is 8. The molecular weight excluding hydrogens is 288 g/mol. The standard InChI is InChI=1S/C15H26N2O3S/c1-5-15(16-6-2)13-8-7-9-14(10-13)21(19,20)17(4)11-12(3)18/h7-10,12,15-16,18H,5-6,11H2,1-4H3. The van der Waals surface area contributed by atoms with Crippen molar-refractivity contribution in [2.45, 2.75) is 44.2 Å². The molecule has 6 heteroatoms. The highest BCUT2D eigenvalue weighted by molar-refractivity contribution is 7.89. The molecule has 0 aromatic heterocycles. The Morgan fingerprint density at radius 2 is 2.00 bits per heavy atom. The lowest BCUT2D eigenvalue weighted by atomic mass is 10.0. The van der Waals surface area contributed by atoms with Gasteiger partial charge in [-0.3, -0.25) is 0 Å². The largest absolute Gasteiger partial charge is 0.392 e. The van der Waals surface area contributed by atoms with Crippen LogP contribution >= 0.6 is 0 Å². The Morgan fingerprint density at radius 1 is 1.33 bits per heavy atom. The van der Waals surface area contributed by atoms with Crippen LogP contribution in [0.2, 0.25) is 0 Å². The second-order valence-corrected chi connectivity index (χ2v) is 7.27. The smallest absolute Gasteiger partial charge is 0.242 e. The van der Waals surface area contributed by atoms with Crippen LogP contribution in [0.15, 0.2) is 29.2 Å². The summed E-state index contributed by atoms with van der Waals surface area (Å²) in [7, 11) is -2.09. The van der Waals surface area contributed by atoms with E-state index in [1.807, 2.05) is 13.0 Å². The number of aliphatic hydroxyl groups excluding tert-OH is 1. The van der Waals surface area contributed by atoms with Gasteiger partial charge in [-0.15, -0.1) is 0 Å². The Hall–Kier alpha value is -0.950. The van der Waals surface area contributed by atoms with E-state index in [1.54, 1.807) is 25.1 Å². The summed E-state index contributed by atoms with van der Waals surface area (Å²) >= 11 is 0. The van der Waals surface area contributed by atoms with Crippen LogP contribution in [0.25, 0.3) is 0 Å². The van der Waals surface area contributed by atoms with E-state index in [-0.39, 0.29) is 17.5 Å². The van der Waals surface area contributed by atoms with E-state index in [0.29, 0.717) is 0 Å². The summed E-state index contributed by atoms with van der Waals surface area (Å²) in [5, 5.41) is 12.7. The minimum atomic E-state index is -3.57. The number of benzene rings is 1. The molecule has 0 aliphatic heterocycles. The summed E-state index contributed by atoms with van der Waals surface area (Å²) in [6, 6.07) is 7.15. The van der Waals surface area contributed by atoms with E-state index in [1.165, 1.54) is 11.4 Å². The summed E-state index contributed by atoms with van der Waals surface area (Å²) in [4.78, 5) is 0.263. The van der Waals surface area contributed by atoms with Gasteiger partial charge < -0.3 is 10.4 Å². The molecule has 5 nitrogen and oxygen atoms in total. The van der Waals surface area contributed by atoms with Gasteiger partial charge in [0.2, 0.25) is 10.0 Å². The molecule has 0 aliphatic carbocycles. The molecule has 0 saturated carbocycles. The molecular formula is C15H26N2O3S. The first-order chi connectivity index (χ1) is 9.82. The predicted molar refractivity (Wildman–Crippen MR) is 84.6 cm³/mol. The highest BCUT2D eigenvalue weighted by Gasteiger charge is 2.22. The molecule has 0 spiro atoms. The fourth-order valence-corrected chi connectivity index (χ4v) is 3.59. The van der Waals surface area contributed by atoms with Crippen molar-refractivity contribution in [3.05, 3.63) is 29.8 Å². The van der Waals surface area contributed by atoms with E-state index < -0.39 is 16.1 Å². The molecule has 0 saturated heterocycles. The molecule has 0 heterocycles. The van der Waals surface area contributed by atoms with Crippen LogP contribution in [0.3, 0.4) is 0 Å². The normalized spacial score (nSPS) is 15.1. The number of nitrogens with one attached hydrogen (secondary N) is 1. The average molecular weight is 314 g/mol. The zero-order valence-electron chi connectivity index (χ0n) is 13.2. The molecule has 2 unspecified atom stereocenters. The third-order valence-electron chi connectivity index (χ3n) is 3.35. The van der Waals surface area contributed by atoms with Crippen LogP contribution in [0.1, 0.15) is 38.8 Å². The number of hydrogen-bond donors (Lipinski definition) is 2. The van der Waals surface area contributed by atoms with E-state index >= 15 is 0 Å². The highest BCUT2D eigenvalue weighted by atomic mass is 32.2. The van der Waals surface area contributed by atoms with Crippen molar-refractivity contribution in [3.63, 3.8) is 0 Å². The SMILES string of the molecule is CCNC(CC)c1cccc(S(=O)(=O)N(C)CC(C)O)c1. The van der Waals surface area contributed by atoms with Gasteiger partial charge in [0, 0.05) is 19.6 Å². The number of hydrogen-bond acceptors (Lipinski definition) is 4. The van der Waals surface area contributed by atoms with Crippen LogP contribution in [0.5, 0.6) is 0 Å². The van der Waals surface area contributed by atoms with Crippen LogP contribution in [0.4, 0.5) is 0 Å². The van der Waals surface area contributed by atoms with Gasteiger partial charge in [0.15, 0.2) is 0 Å². The van der Waals surface area contributed by atoms with Crippen LogP contribution in [-0.4, -0.2) is 44.1 Å². The van der Waals surface area contributed by atoms with Crippen molar-refractivity contribution >= 4 is 10.0 Å². The molecule has 2 atom stereocenters. The Morgan fingerprint density at radius 3 is 2.52 bits per heavy atom. The Labute approximate surface area is 128 Å². The summed E-state index contributed by atoms with van der Waals surface area (Å²) < 4.78 is 26.2. The molecule has 1 aromatic rings. The van der Waals surface area contributed by atoms with Crippen molar-refractivity contribution in [2.75, 3.05) is 20.1 Å². The first kappa shape index (κ1) is 18.1. The van der Waals surface area contributed by atoms with Gasteiger partial charge in [-0.2, -0.15) is 4.31 Å². The fourth-order valence-electron chi connectivity index (χ4n) is 2.29. The molecule has 1 aromatic carbocycles. The van der Waals surface area contributed by atoms with Crippen molar-refractivity contribution < 1.29 is 13.5 Å². The van der Waals surface area contributed by atoms with E-state index in [2.05, 4.69) is 12.2 Å². The fraction of sp³-hybridized carbons (Fsp3) is 0.600. The van der Waals surface area contributed by atoms with Crippen molar-refractivity contribution in [1.82, 2.24) is 9.62 Å². The van der Waals surface area contributed by atoms with Crippen LogP contribution < -0.4 is 5.32 Å². The molecule has 0 radical (unpaired) electrons. The molecule has 0 amide bonds. The maximum absolute atomic E-state index is 12.5. The third kappa shape index (κ3) is 4.78. The van der Waals surface area contributed by atoms with Crippen LogP contribution in [-0.2, 0) is 10.0 Å². The van der Waals surface area contributed by atoms with Crippen molar-refractivity contribution in [1.29, 1.82) is 0 Å². The zero-order valence-corrected chi connectivity index (χ0v) is 14.0. The lowest BCUT2D eigenvalue weighted by Crippen LogP contribution is -2.33. The second kappa shape index (κ2) is 7.89. The Balaban J connectivity index is 3.08. The second-order valence-electron chi connectivity index (χ2n) is 5.23. The number of sulfonamides is 1. The molecule has 2 N–H and O–H groups in total. The summed E-state index contributed by atoms with van der Waals surface area (Å²) in [6.07, 6.45) is 0.194. The lowest BCUT2D eigenvalue weighted by molar-refractivity contribution is 0.171. The number of aliphatic hydroxyl groups is 1. The van der Waals surface area contributed by atoms with Gasteiger partial charge in [-0.25, -0.2) is 8.42 Å². The molecule has 21 heavy (non-hydrogen) atoms. The number of nitrogens with zero attached hydrogens (tertiary/aromatic N) is 1. The van der Waals surface area contributed by atoms with Gasteiger partial charge in [0.25, 0.3) is 0 Å². The molecule has 0 aliphatic rings. The molecule has 1 rings (SSSR count). The molecule has 0 bridgehead atoms. The van der Waals surface area contributed by atoms with Crippen molar-refractivity contribution in [2.24, 2.45) is 0 Å². The van der Waals surface area contributed by atoms with E-state index in [0.717, 1.165) is 18.5 Å². The maximum atomic E-state index is 12.5. The van der Waals surface area contributed by atoms with E-state index in [4.69, 9.17) is 0 Å². The first-order valence-electron chi connectivity index (χ1n) is 7.30. The monoisotopic (exact) mass is 314 g/mol. The van der Waals surface area contributed by atoms with E-state index in [9.17, 15) is 13.5 Å². The predicted octanol–water partition coefficient (Wildman–Crippen LogP) is 1.75. The third-order valence-corrected chi connectivity index (χ3v) is 5.17. The summed E-state index contributed by atoms with van der Waals surface area (Å²) in [5.41, 5.74) is 0.964. The number of likely N-dealkylation sites (N-methyl/N-ethyl adjacent to an activating group) is 1. The van der Waals surface area contributed by atoms with Gasteiger partial charge in [0.05, 0.1) is 11.0 Å². The Bertz CT molecular complexity index is 544. The summed E-state index contributed by atoms with van der Waals surface area (Å²) in [6.45, 7) is 6.57. The Kier molecular flexibility index (Phi) is 6.80. The maximum Gasteiger partial charge on any atom is 0.242 e. The topological polar surface area (TPSA) is 69.6 Å². The molecule has 0 fully saturated rings. The van der Waals surface area contributed by atoms with Crippen LogP contribution in [0, 0.1) is 0 Å². The quantitative estimate of drug-likeness (QED) is 0.767. The van der Waals surface area contributed by atoms with Gasteiger partial charge in [-0.1, -0.05) is 26.0 Å². The zero-order chi connectivity index (χ0) is 16.0. The van der Waals surface area contributed by atoms with Gasteiger partial charge in [-0.05, 0) is 37.6 Å². The minimum Gasteiger partial charge on any atom is -0.392 e. The molecule has 120 valence electrons. The van der Waals surface area contributed by atoms with Gasteiger partial charge >= 0.3 is 0 Å². The highest BCUT2D eigenvalue weighted by Crippen LogP contribution is 2.22. The summed E-state index contributed by atoms with van der Waals surface area (Å²) in [5.74, 6) is 0. The minimum absolute atomic E-state index is 0.0803. The first-order valence-corrected chi connectivity index (χ1v) is 8.74.